The molecule has 6 N–H and O–H groups in total. The molecule has 158 valence electrons. The summed E-state index contributed by atoms with van der Waals surface area (Å²) in [5.41, 5.74) is 14.7. The predicted octanol–water partition coefficient (Wildman–Crippen LogP) is 2.25. The van der Waals surface area contributed by atoms with E-state index in [0.29, 0.717) is 37.3 Å². The zero-order chi connectivity index (χ0) is 22.0. The van der Waals surface area contributed by atoms with Gasteiger partial charge >= 0.3 is 0 Å². The molecule has 7 heteroatoms. The van der Waals surface area contributed by atoms with Crippen molar-refractivity contribution in [3.63, 3.8) is 0 Å². The van der Waals surface area contributed by atoms with Gasteiger partial charge in [-0.15, -0.1) is 0 Å². The van der Waals surface area contributed by atoms with Crippen LogP contribution in [0.2, 0.25) is 0 Å². The number of nitrogens with two attached hydrogens (primary N) is 2. The number of benzene rings is 3. The molecule has 3 aromatic carbocycles. The van der Waals surface area contributed by atoms with Crippen molar-refractivity contribution in [1.29, 1.82) is 10.8 Å². The van der Waals surface area contributed by atoms with Crippen LogP contribution < -0.4 is 11.5 Å². The van der Waals surface area contributed by atoms with Gasteiger partial charge in [0, 0.05) is 37.3 Å². The van der Waals surface area contributed by atoms with E-state index in [4.69, 9.17) is 22.3 Å². The number of piperazine rings is 1. The Morgan fingerprint density at radius 3 is 2.10 bits per heavy atom. The van der Waals surface area contributed by atoms with Crippen molar-refractivity contribution >= 4 is 28.4 Å². The molecule has 0 unspecified atom stereocenters. The number of nitrogens with one attached hydrogen (secondary N) is 2. The van der Waals surface area contributed by atoms with Gasteiger partial charge in [0.25, 0.3) is 0 Å². The van der Waals surface area contributed by atoms with Gasteiger partial charge in [0.2, 0.25) is 5.91 Å². The second-order valence-corrected chi connectivity index (χ2v) is 7.95. The van der Waals surface area contributed by atoms with Crippen molar-refractivity contribution in [3.05, 3.63) is 82.9 Å². The first-order valence-electron chi connectivity index (χ1n) is 10.2. The largest absolute Gasteiger partial charge is 0.384 e. The SMILES string of the molecule is N=C(N)c1ccc(CN2CCN(Cc3ccc4ccc(C(=N)N)cc4c3)C(=O)C2)cc1. The molecule has 1 heterocycles. The lowest BCUT2D eigenvalue weighted by atomic mass is 10.0. The Morgan fingerprint density at radius 1 is 0.774 bits per heavy atom. The first-order chi connectivity index (χ1) is 14.9. The van der Waals surface area contributed by atoms with Gasteiger partial charge < -0.3 is 16.4 Å². The minimum absolute atomic E-state index is 0.0505. The van der Waals surface area contributed by atoms with Crippen LogP contribution in [-0.4, -0.2) is 47.0 Å². The van der Waals surface area contributed by atoms with Gasteiger partial charge in [-0.05, 0) is 34.0 Å². The van der Waals surface area contributed by atoms with Gasteiger partial charge in [-0.25, -0.2) is 0 Å². The Kier molecular flexibility index (Phi) is 5.68. The highest BCUT2D eigenvalue weighted by atomic mass is 16.2. The summed E-state index contributed by atoms with van der Waals surface area (Å²) in [6.45, 7) is 3.14. The molecule has 1 amide bonds. The minimum Gasteiger partial charge on any atom is -0.384 e. The Hall–Kier alpha value is -3.71. The van der Waals surface area contributed by atoms with Crippen molar-refractivity contribution in [3.8, 4) is 0 Å². The van der Waals surface area contributed by atoms with E-state index in [2.05, 4.69) is 11.0 Å². The number of amides is 1. The molecule has 0 spiro atoms. The van der Waals surface area contributed by atoms with Crippen LogP contribution >= 0.6 is 0 Å². The van der Waals surface area contributed by atoms with Crippen LogP contribution in [0.4, 0.5) is 0 Å². The second-order valence-electron chi connectivity index (χ2n) is 7.95. The quantitative estimate of drug-likeness (QED) is 0.365. The number of hydrogen-bond acceptors (Lipinski definition) is 4. The fraction of sp³-hybridized carbons (Fsp3) is 0.208. The molecule has 31 heavy (non-hydrogen) atoms. The highest BCUT2D eigenvalue weighted by Gasteiger charge is 2.24. The lowest BCUT2D eigenvalue weighted by Gasteiger charge is -2.34. The molecule has 1 fully saturated rings. The monoisotopic (exact) mass is 414 g/mol. The Labute approximate surface area is 181 Å². The second kappa shape index (κ2) is 8.57. The summed E-state index contributed by atoms with van der Waals surface area (Å²) >= 11 is 0. The van der Waals surface area contributed by atoms with E-state index in [1.807, 2.05) is 59.5 Å². The minimum atomic E-state index is 0.0505. The summed E-state index contributed by atoms with van der Waals surface area (Å²) in [5.74, 6) is 0.222. The van der Waals surface area contributed by atoms with Gasteiger partial charge in [-0.3, -0.25) is 20.5 Å². The third-order valence-electron chi connectivity index (χ3n) is 5.66. The number of carbonyl (C=O) groups excluding carboxylic acids is 1. The molecule has 7 nitrogen and oxygen atoms in total. The molecular weight excluding hydrogens is 388 g/mol. The van der Waals surface area contributed by atoms with E-state index >= 15 is 0 Å². The maximum absolute atomic E-state index is 12.7. The summed E-state index contributed by atoms with van der Waals surface area (Å²) < 4.78 is 0. The van der Waals surface area contributed by atoms with Gasteiger partial charge in [-0.1, -0.05) is 48.5 Å². The Balaban J connectivity index is 1.39. The zero-order valence-corrected chi connectivity index (χ0v) is 17.3. The first kappa shape index (κ1) is 20.6. The zero-order valence-electron chi connectivity index (χ0n) is 17.3. The number of hydrogen-bond donors (Lipinski definition) is 4. The van der Waals surface area contributed by atoms with Crippen molar-refractivity contribution in [2.24, 2.45) is 11.5 Å². The lowest BCUT2D eigenvalue weighted by Crippen LogP contribution is -2.49. The number of nitrogen functional groups attached to an aromatic ring is 2. The number of rotatable bonds is 6. The van der Waals surface area contributed by atoms with E-state index in [9.17, 15) is 4.79 Å². The molecule has 1 saturated heterocycles. The fourth-order valence-electron chi connectivity index (χ4n) is 3.89. The molecule has 0 saturated carbocycles. The molecule has 4 rings (SSSR count). The highest BCUT2D eigenvalue weighted by molar-refractivity contribution is 5.99. The van der Waals surface area contributed by atoms with E-state index < -0.39 is 0 Å². The molecule has 1 aliphatic rings. The van der Waals surface area contributed by atoms with Crippen LogP contribution in [0.15, 0.2) is 60.7 Å². The average Bonchev–Trinajstić information content (AvgIpc) is 2.75. The average molecular weight is 415 g/mol. The van der Waals surface area contributed by atoms with E-state index in [-0.39, 0.29) is 17.6 Å². The molecule has 0 aromatic heterocycles. The van der Waals surface area contributed by atoms with E-state index in [1.54, 1.807) is 0 Å². The smallest absolute Gasteiger partial charge is 0.237 e. The number of fused-ring (bicyclic) bond motifs is 1. The molecule has 1 aliphatic heterocycles. The fourth-order valence-corrected chi connectivity index (χ4v) is 3.89. The Morgan fingerprint density at radius 2 is 1.42 bits per heavy atom. The summed E-state index contributed by atoms with van der Waals surface area (Å²) in [7, 11) is 0. The van der Waals surface area contributed by atoms with Gasteiger partial charge in [-0.2, -0.15) is 0 Å². The molecule has 0 atom stereocenters. The van der Waals surface area contributed by atoms with Crippen molar-refractivity contribution < 1.29 is 4.79 Å². The first-order valence-corrected chi connectivity index (χ1v) is 10.2. The van der Waals surface area contributed by atoms with Crippen LogP contribution in [0, 0.1) is 10.8 Å². The topological polar surface area (TPSA) is 123 Å². The van der Waals surface area contributed by atoms with Crippen LogP contribution in [0.3, 0.4) is 0 Å². The third kappa shape index (κ3) is 4.73. The molecule has 0 bridgehead atoms. The van der Waals surface area contributed by atoms with Gasteiger partial charge in [0.15, 0.2) is 0 Å². The van der Waals surface area contributed by atoms with Crippen molar-refractivity contribution in [2.45, 2.75) is 13.1 Å². The van der Waals surface area contributed by atoms with Crippen molar-refractivity contribution in [2.75, 3.05) is 19.6 Å². The number of nitrogens with zero attached hydrogens (tertiary/aromatic N) is 2. The summed E-state index contributed by atoms with van der Waals surface area (Å²) in [6.07, 6.45) is 0. The maximum Gasteiger partial charge on any atom is 0.237 e. The maximum atomic E-state index is 12.7. The number of amidine groups is 2. The lowest BCUT2D eigenvalue weighted by molar-refractivity contribution is -0.136. The summed E-state index contributed by atoms with van der Waals surface area (Å²) in [6, 6.07) is 19.5. The van der Waals surface area contributed by atoms with Crippen LogP contribution in [0.1, 0.15) is 22.3 Å². The summed E-state index contributed by atoms with van der Waals surface area (Å²) in [5, 5.41) is 17.2. The molecule has 0 aliphatic carbocycles. The van der Waals surface area contributed by atoms with Crippen LogP contribution in [0.5, 0.6) is 0 Å². The standard InChI is InChI=1S/C24H26N6O/c25-23(26)19-5-1-16(2-6-19)13-29-9-10-30(22(31)15-29)14-17-3-4-18-7-8-20(24(27)28)12-21(18)11-17/h1-8,11-12H,9-10,13-15H2,(H3,25,26)(H3,27,28). The summed E-state index contributed by atoms with van der Waals surface area (Å²) in [4.78, 5) is 16.8. The molecular formula is C24H26N6O. The van der Waals surface area contributed by atoms with Gasteiger partial charge in [0.05, 0.1) is 6.54 Å². The normalized spacial score (nSPS) is 14.7. The van der Waals surface area contributed by atoms with Crippen molar-refractivity contribution in [1.82, 2.24) is 9.80 Å². The molecule has 3 aromatic rings. The highest BCUT2D eigenvalue weighted by Crippen LogP contribution is 2.20. The Bertz CT molecular complexity index is 1150. The number of carbonyl (C=O) groups is 1. The van der Waals surface area contributed by atoms with Gasteiger partial charge in [0.1, 0.15) is 11.7 Å². The van der Waals surface area contributed by atoms with E-state index in [1.165, 1.54) is 0 Å². The van der Waals surface area contributed by atoms with Crippen LogP contribution in [0.25, 0.3) is 10.8 Å². The predicted molar refractivity (Wildman–Crippen MR) is 123 cm³/mol. The molecule has 0 radical (unpaired) electrons. The van der Waals surface area contributed by atoms with E-state index in [0.717, 1.165) is 28.4 Å². The third-order valence-corrected chi connectivity index (χ3v) is 5.66. The van der Waals surface area contributed by atoms with Crippen LogP contribution in [-0.2, 0) is 17.9 Å².